The fourth-order valence-electron chi connectivity index (χ4n) is 3.29. The summed E-state index contributed by atoms with van der Waals surface area (Å²) in [7, 11) is 0. The number of aryl methyl sites for hydroxylation is 1. The van der Waals surface area contributed by atoms with E-state index in [-0.39, 0.29) is 36.7 Å². The van der Waals surface area contributed by atoms with Crippen LogP contribution in [-0.4, -0.2) is 29.2 Å². The number of carbonyl (C=O) groups excluding carboxylic acids is 3. The molecule has 1 atom stereocenters. The number of benzene rings is 1. The van der Waals surface area contributed by atoms with Gasteiger partial charge in [0.05, 0.1) is 17.2 Å². The average molecular weight is 385 g/mol. The molecule has 3 rings (SSSR count). The van der Waals surface area contributed by atoms with Crippen LogP contribution in [0.5, 0.6) is 0 Å². The molecule has 2 aromatic rings. The molecule has 0 spiro atoms. The summed E-state index contributed by atoms with van der Waals surface area (Å²) in [6.45, 7) is 6.21. The largest absolute Gasteiger partial charge is 0.348 e. The van der Waals surface area contributed by atoms with Gasteiger partial charge in [0.1, 0.15) is 0 Å². The van der Waals surface area contributed by atoms with Crippen LogP contribution >= 0.6 is 11.3 Å². The summed E-state index contributed by atoms with van der Waals surface area (Å²) in [5, 5.41) is 5.05. The molecule has 1 aliphatic rings. The van der Waals surface area contributed by atoms with Crippen LogP contribution in [0.1, 0.15) is 63.9 Å². The molecule has 27 heavy (non-hydrogen) atoms. The molecule has 1 unspecified atom stereocenters. The Kier molecular flexibility index (Phi) is 5.75. The number of amides is 3. The van der Waals surface area contributed by atoms with Gasteiger partial charge in [0.2, 0.25) is 5.91 Å². The number of carbonyl (C=O) groups is 3. The molecule has 1 N–H and O–H groups in total. The lowest BCUT2D eigenvalue weighted by Gasteiger charge is -2.20. The molecule has 0 radical (unpaired) electrons. The SMILES string of the molecule is Cc1ccc2c(c1)C(=O)N(CCC(=O)NC(CC(C)C)c1cccs1)C2=O. The molecule has 0 bridgehead atoms. The summed E-state index contributed by atoms with van der Waals surface area (Å²) in [6.07, 6.45) is 0.947. The monoisotopic (exact) mass is 384 g/mol. The Morgan fingerprint density at radius 1 is 1.15 bits per heavy atom. The van der Waals surface area contributed by atoms with Crippen LogP contribution in [0.3, 0.4) is 0 Å². The van der Waals surface area contributed by atoms with E-state index in [1.54, 1.807) is 23.5 Å². The van der Waals surface area contributed by atoms with E-state index in [0.29, 0.717) is 17.0 Å². The molecule has 3 amide bonds. The van der Waals surface area contributed by atoms with Gasteiger partial charge in [0.15, 0.2) is 0 Å². The number of rotatable bonds is 7. The predicted molar refractivity (Wildman–Crippen MR) is 106 cm³/mol. The van der Waals surface area contributed by atoms with Crippen LogP contribution in [0, 0.1) is 12.8 Å². The first kappa shape index (κ1) is 19.3. The number of hydrogen-bond acceptors (Lipinski definition) is 4. The number of fused-ring (bicyclic) bond motifs is 1. The molecular formula is C21H24N2O3S. The van der Waals surface area contributed by atoms with E-state index < -0.39 is 0 Å². The molecule has 0 saturated carbocycles. The Labute approximate surface area is 163 Å². The molecular weight excluding hydrogens is 360 g/mol. The number of nitrogens with zero attached hydrogens (tertiary/aromatic N) is 1. The molecule has 2 heterocycles. The number of imide groups is 1. The topological polar surface area (TPSA) is 66.5 Å². The van der Waals surface area contributed by atoms with E-state index in [1.165, 1.54) is 4.90 Å². The van der Waals surface area contributed by atoms with Crippen LogP contribution in [0.4, 0.5) is 0 Å². The molecule has 0 saturated heterocycles. The standard InChI is InChI=1S/C21H24N2O3S/c1-13(2)11-17(18-5-4-10-27-18)22-19(24)8-9-23-20(25)15-7-6-14(3)12-16(15)21(23)26/h4-7,10,12-13,17H,8-9,11H2,1-3H3,(H,22,24). The van der Waals surface area contributed by atoms with Crippen molar-refractivity contribution in [2.75, 3.05) is 6.54 Å². The van der Waals surface area contributed by atoms with Crippen LogP contribution in [0.2, 0.25) is 0 Å². The fraction of sp³-hybridized carbons (Fsp3) is 0.381. The number of thiophene rings is 1. The van der Waals surface area contributed by atoms with Crippen LogP contribution in [-0.2, 0) is 4.79 Å². The van der Waals surface area contributed by atoms with Gasteiger partial charge >= 0.3 is 0 Å². The minimum absolute atomic E-state index is 0.0395. The second-order valence-corrected chi connectivity index (χ2v) is 8.31. The molecule has 6 heteroatoms. The zero-order valence-corrected chi connectivity index (χ0v) is 16.6. The molecule has 1 aromatic carbocycles. The zero-order chi connectivity index (χ0) is 19.6. The maximum absolute atomic E-state index is 12.5. The maximum Gasteiger partial charge on any atom is 0.261 e. The van der Waals surface area contributed by atoms with Gasteiger partial charge in [0.25, 0.3) is 11.8 Å². The Hall–Kier alpha value is -2.47. The van der Waals surface area contributed by atoms with E-state index in [9.17, 15) is 14.4 Å². The predicted octanol–water partition coefficient (Wildman–Crippen LogP) is 3.95. The van der Waals surface area contributed by atoms with Gasteiger partial charge in [-0.1, -0.05) is 31.5 Å². The van der Waals surface area contributed by atoms with E-state index >= 15 is 0 Å². The normalized spacial score (nSPS) is 14.6. The second-order valence-electron chi connectivity index (χ2n) is 7.33. The van der Waals surface area contributed by atoms with E-state index in [1.807, 2.05) is 30.5 Å². The minimum Gasteiger partial charge on any atom is -0.348 e. The van der Waals surface area contributed by atoms with Crippen molar-refractivity contribution in [3.05, 3.63) is 57.3 Å². The van der Waals surface area contributed by atoms with Gasteiger partial charge in [-0.3, -0.25) is 19.3 Å². The van der Waals surface area contributed by atoms with Crippen LogP contribution < -0.4 is 5.32 Å². The summed E-state index contributed by atoms with van der Waals surface area (Å²) in [6, 6.07) is 9.18. The van der Waals surface area contributed by atoms with Crippen LogP contribution in [0.15, 0.2) is 35.7 Å². The molecule has 1 aliphatic heterocycles. The number of hydrogen-bond donors (Lipinski definition) is 1. The Morgan fingerprint density at radius 3 is 2.56 bits per heavy atom. The zero-order valence-electron chi connectivity index (χ0n) is 15.8. The maximum atomic E-state index is 12.5. The average Bonchev–Trinajstić information content (AvgIpc) is 3.21. The first-order chi connectivity index (χ1) is 12.9. The quantitative estimate of drug-likeness (QED) is 0.735. The van der Waals surface area contributed by atoms with Gasteiger partial charge in [-0.2, -0.15) is 0 Å². The Bertz CT molecular complexity index is 858. The van der Waals surface area contributed by atoms with Crippen molar-refractivity contribution in [1.82, 2.24) is 10.2 Å². The highest BCUT2D eigenvalue weighted by molar-refractivity contribution is 7.10. The van der Waals surface area contributed by atoms with Crippen molar-refractivity contribution in [1.29, 1.82) is 0 Å². The lowest BCUT2D eigenvalue weighted by Crippen LogP contribution is -2.36. The summed E-state index contributed by atoms with van der Waals surface area (Å²) in [5.74, 6) is -0.345. The van der Waals surface area contributed by atoms with E-state index in [2.05, 4.69) is 19.2 Å². The third-order valence-electron chi connectivity index (χ3n) is 4.62. The van der Waals surface area contributed by atoms with Crippen molar-refractivity contribution >= 4 is 29.1 Å². The lowest BCUT2D eigenvalue weighted by atomic mass is 10.0. The van der Waals surface area contributed by atoms with Crippen LogP contribution in [0.25, 0.3) is 0 Å². The fourth-order valence-corrected chi connectivity index (χ4v) is 4.09. The van der Waals surface area contributed by atoms with Gasteiger partial charge in [-0.15, -0.1) is 11.3 Å². The van der Waals surface area contributed by atoms with Crippen molar-refractivity contribution in [2.24, 2.45) is 5.92 Å². The van der Waals surface area contributed by atoms with Gasteiger partial charge < -0.3 is 5.32 Å². The summed E-state index contributed by atoms with van der Waals surface area (Å²) < 4.78 is 0. The van der Waals surface area contributed by atoms with Crippen molar-refractivity contribution in [2.45, 2.75) is 39.7 Å². The minimum atomic E-state index is -0.320. The Balaban J connectivity index is 1.62. The first-order valence-corrected chi connectivity index (χ1v) is 10.0. The second kappa shape index (κ2) is 8.05. The van der Waals surface area contributed by atoms with Gasteiger partial charge in [-0.05, 0) is 42.8 Å². The van der Waals surface area contributed by atoms with Gasteiger partial charge in [0, 0.05) is 17.8 Å². The smallest absolute Gasteiger partial charge is 0.261 e. The molecule has 5 nitrogen and oxygen atoms in total. The molecule has 0 fully saturated rings. The van der Waals surface area contributed by atoms with Crippen molar-refractivity contribution in [3.63, 3.8) is 0 Å². The molecule has 1 aromatic heterocycles. The third-order valence-corrected chi connectivity index (χ3v) is 5.60. The number of nitrogens with one attached hydrogen (secondary N) is 1. The van der Waals surface area contributed by atoms with E-state index in [0.717, 1.165) is 16.9 Å². The molecule has 142 valence electrons. The van der Waals surface area contributed by atoms with E-state index in [4.69, 9.17) is 0 Å². The summed E-state index contributed by atoms with van der Waals surface area (Å²) >= 11 is 1.62. The Morgan fingerprint density at radius 2 is 1.89 bits per heavy atom. The first-order valence-electron chi connectivity index (χ1n) is 9.16. The summed E-state index contributed by atoms with van der Waals surface area (Å²) in [5.41, 5.74) is 1.78. The third kappa shape index (κ3) is 4.27. The van der Waals surface area contributed by atoms with Crippen molar-refractivity contribution < 1.29 is 14.4 Å². The van der Waals surface area contributed by atoms with Gasteiger partial charge in [-0.25, -0.2) is 0 Å². The highest BCUT2D eigenvalue weighted by Gasteiger charge is 2.35. The van der Waals surface area contributed by atoms with Crippen molar-refractivity contribution in [3.8, 4) is 0 Å². The highest BCUT2D eigenvalue weighted by Crippen LogP contribution is 2.26. The molecule has 0 aliphatic carbocycles. The lowest BCUT2D eigenvalue weighted by molar-refractivity contribution is -0.122. The highest BCUT2D eigenvalue weighted by atomic mass is 32.1. The summed E-state index contributed by atoms with van der Waals surface area (Å²) in [4.78, 5) is 39.7.